The van der Waals surface area contributed by atoms with Crippen molar-refractivity contribution in [1.29, 1.82) is 0 Å². The standard InChI is InChI=1S/C23H24Cl2N2O3/c1-23(2,3)15-30-20-9-8-18(14-19(20)25)27-12-11-26-21(22(27)28)29-13-10-16-4-6-17(24)7-5-16/h4-9,11-12,14H,10,13,15H2,1-3H3. The van der Waals surface area contributed by atoms with Gasteiger partial charge in [0.15, 0.2) is 0 Å². The summed E-state index contributed by atoms with van der Waals surface area (Å²) in [6, 6.07) is 12.7. The molecule has 0 atom stereocenters. The van der Waals surface area contributed by atoms with Crippen LogP contribution in [0.25, 0.3) is 5.69 Å². The fraction of sp³-hybridized carbons (Fsp3) is 0.304. The average molecular weight is 447 g/mol. The molecular formula is C23H24Cl2N2O3. The molecule has 3 rings (SSSR count). The van der Waals surface area contributed by atoms with Crippen LogP contribution in [0.5, 0.6) is 11.6 Å². The lowest BCUT2D eigenvalue weighted by Crippen LogP contribution is -2.22. The lowest BCUT2D eigenvalue weighted by atomic mass is 9.99. The van der Waals surface area contributed by atoms with Crippen molar-refractivity contribution in [3.05, 3.63) is 80.8 Å². The minimum atomic E-state index is -0.354. The summed E-state index contributed by atoms with van der Waals surface area (Å²) in [5.41, 5.74) is 1.34. The molecule has 0 amide bonds. The lowest BCUT2D eigenvalue weighted by molar-refractivity contribution is 0.198. The highest BCUT2D eigenvalue weighted by Gasteiger charge is 2.14. The number of ether oxygens (including phenoxy) is 2. The van der Waals surface area contributed by atoms with Crippen molar-refractivity contribution < 1.29 is 9.47 Å². The van der Waals surface area contributed by atoms with Gasteiger partial charge >= 0.3 is 5.56 Å². The number of halogens is 2. The van der Waals surface area contributed by atoms with E-state index >= 15 is 0 Å². The first kappa shape index (κ1) is 22.2. The van der Waals surface area contributed by atoms with Crippen LogP contribution >= 0.6 is 23.2 Å². The van der Waals surface area contributed by atoms with Gasteiger partial charge in [-0.1, -0.05) is 56.1 Å². The molecule has 1 heterocycles. The molecule has 158 valence electrons. The summed E-state index contributed by atoms with van der Waals surface area (Å²) in [6.07, 6.45) is 3.74. The second kappa shape index (κ2) is 9.54. The molecule has 0 fully saturated rings. The summed E-state index contributed by atoms with van der Waals surface area (Å²) < 4.78 is 12.9. The third-order valence-electron chi connectivity index (χ3n) is 4.21. The Balaban J connectivity index is 1.71. The highest BCUT2D eigenvalue weighted by Crippen LogP contribution is 2.28. The van der Waals surface area contributed by atoms with Crippen molar-refractivity contribution in [3.8, 4) is 17.3 Å². The van der Waals surface area contributed by atoms with Crippen LogP contribution in [0.4, 0.5) is 0 Å². The van der Waals surface area contributed by atoms with E-state index in [0.717, 1.165) is 5.56 Å². The molecule has 30 heavy (non-hydrogen) atoms. The van der Waals surface area contributed by atoms with Gasteiger partial charge in [0.05, 0.1) is 23.9 Å². The predicted molar refractivity (Wildman–Crippen MR) is 120 cm³/mol. The maximum atomic E-state index is 12.8. The summed E-state index contributed by atoms with van der Waals surface area (Å²) in [5.74, 6) is 0.618. The smallest absolute Gasteiger partial charge is 0.317 e. The van der Waals surface area contributed by atoms with Gasteiger partial charge in [-0.2, -0.15) is 0 Å². The minimum Gasteiger partial charge on any atom is -0.491 e. The van der Waals surface area contributed by atoms with Crippen LogP contribution in [0.2, 0.25) is 10.0 Å². The quantitative estimate of drug-likeness (QED) is 0.474. The molecule has 1 aromatic heterocycles. The number of nitrogens with zero attached hydrogens (tertiary/aromatic N) is 2. The first-order chi connectivity index (χ1) is 14.2. The Kier molecular flexibility index (Phi) is 7.06. The third kappa shape index (κ3) is 6.00. The lowest BCUT2D eigenvalue weighted by Gasteiger charge is -2.19. The Morgan fingerprint density at radius 1 is 1.03 bits per heavy atom. The van der Waals surface area contributed by atoms with E-state index in [9.17, 15) is 4.79 Å². The normalized spacial score (nSPS) is 11.4. The van der Waals surface area contributed by atoms with Crippen molar-refractivity contribution in [2.45, 2.75) is 27.2 Å². The van der Waals surface area contributed by atoms with E-state index in [-0.39, 0.29) is 16.9 Å². The fourth-order valence-corrected chi connectivity index (χ4v) is 3.02. The molecule has 0 aliphatic carbocycles. The van der Waals surface area contributed by atoms with Gasteiger partial charge in [-0.15, -0.1) is 0 Å². The van der Waals surface area contributed by atoms with Gasteiger partial charge in [0, 0.05) is 23.8 Å². The van der Waals surface area contributed by atoms with Gasteiger partial charge in [0.25, 0.3) is 5.88 Å². The average Bonchev–Trinajstić information content (AvgIpc) is 2.69. The van der Waals surface area contributed by atoms with Crippen LogP contribution in [0.3, 0.4) is 0 Å². The second-order valence-corrected chi connectivity index (χ2v) is 8.94. The zero-order valence-electron chi connectivity index (χ0n) is 17.2. The van der Waals surface area contributed by atoms with E-state index in [0.29, 0.717) is 41.1 Å². The van der Waals surface area contributed by atoms with Gasteiger partial charge in [-0.25, -0.2) is 4.98 Å². The first-order valence-electron chi connectivity index (χ1n) is 9.60. The minimum absolute atomic E-state index is 0.0162. The first-order valence-corrected chi connectivity index (χ1v) is 10.4. The van der Waals surface area contributed by atoms with Crippen LogP contribution in [-0.2, 0) is 6.42 Å². The zero-order valence-corrected chi connectivity index (χ0v) is 18.7. The topological polar surface area (TPSA) is 53.4 Å². The fourth-order valence-electron chi connectivity index (χ4n) is 2.66. The van der Waals surface area contributed by atoms with E-state index in [1.54, 1.807) is 24.4 Å². The molecule has 0 unspecified atom stereocenters. The van der Waals surface area contributed by atoms with Crippen molar-refractivity contribution in [3.63, 3.8) is 0 Å². The van der Waals surface area contributed by atoms with Crippen molar-refractivity contribution >= 4 is 23.2 Å². The van der Waals surface area contributed by atoms with Crippen molar-refractivity contribution in [2.75, 3.05) is 13.2 Å². The SMILES string of the molecule is CC(C)(C)COc1ccc(-n2ccnc(OCCc3ccc(Cl)cc3)c2=O)cc1Cl. The van der Waals surface area contributed by atoms with Crippen molar-refractivity contribution in [2.24, 2.45) is 5.41 Å². The number of rotatable bonds is 7. The van der Waals surface area contributed by atoms with E-state index in [2.05, 4.69) is 25.8 Å². The van der Waals surface area contributed by atoms with Gasteiger partial charge in [0.2, 0.25) is 0 Å². The van der Waals surface area contributed by atoms with Crippen molar-refractivity contribution in [1.82, 2.24) is 9.55 Å². The Morgan fingerprint density at radius 3 is 2.43 bits per heavy atom. The Hall–Kier alpha value is -2.50. The number of hydrogen-bond donors (Lipinski definition) is 0. The molecular weight excluding hydrogens is 423 g/mol. The number of aromatic nitrogens is 2. The highest BCUT2D eigenvalue weighted by molar-refractivity contribution is 6.32. The monoisotopic (exact) mass is 446 g/mol. The molecule has 0 N–H and O–H groups in total. The Labute approximate surface area is 186 Å². The molecule has 0 aliphatic rings. The number of hydrogen-bond acceptors (Lipinski definition) is 4. The van der Waals surface area contributed by atoms with E-state index < -0.39 is 0 Å². The van der Waals surface area contributed by atoms with Crippen LogP contribution in [-0.4, -0.2) is 22.8 Å². The molecule has 5 nitrogen and oxygen atoms in total. The highest BCUT2D eigenvalue weighted by atomic mass is 35.5. The van der Waals surface area contributed by atoms with Crippen LogP contribution in [0.1, 0.15) is 26.3 Å². The summed E-state index contributed by atoms with van der Waals surface area (Å²) >= 11 is 12.3. The molecule has 2 aromatic carbocycles. The summed E-state index contributed by atoms with van der Waals surface area (Å²) in [4.78, 5) is 16.9. The van der Waals surface area contributed by atoms with Gasteiger partial charge < -0.3 is 9.47 Å². The van der Waals surface area contributed by atoms with Crippen LogP contribution in [0, 0.1) is 5.41 Å². The Bertz CT molecular complexity index is 1060. The number of benzene rings is 2. The molecule has 0 aliphatic heterocycles. The summed E-state index contributed by atoms with van der Waals surface area (Å²) in [6.45, 7) is 7.11. The largest absolute Gasteiger partial charge is 0.491 e. The maximum absolute atomic E-state index is 12.8. The predicted octanol–water partition coefficient (Wildman–Crippen LogP) is 5.59. The van der Waals surface area contributed by atoms with Crippen LogP contribution < -0.4 is 15.0 Å². The van der Waals surface area contributed by atoms with Gasteiger partial charge in [-0.05, 0) is 41.3 Å². The van der Waals surface area contributed by atoms with Gasteiger partial charge in [0.1, 0.15) is 5.75 Å². The summed E-state index contributed by atoms with van der Waals surface area (Å²) in [5, 5.41) is 1.12. The summed E-state index contributed by atoms with van der Waals surface area (Å²) in [7, 11) is 0. The molecule has 0 bridgehead atoms. The van der Waals surface area contributed by atoms with Crippen LogP contribution in [0.15, 0.2) is 59.7 Å². The molecule has 0 spiro atoms. The molecule has 3 aromatic rings. The van der Waals surface area contributed by atoms with Gasteiger partial charge in [-0.3, -0.25) is 9.36 Å². The maximum Gasteiger partial charge on any atom is 0.317 e. The Morgan fingerprint density at radius 2 is 1.77 bits per heavy atom. The third-order valence-corrected chi connectivity index (χ3v) is 4.75. The second-order valence-electron chi connectivity index (χ2n) is 8.10. The molecule has 0 saturated heterocycles. The van der Waals surface area contributed by atoms with E-state index in [4.69, 9.17) is 32.7 Å². The zero-order chi connectivity index (χ0) is 21.7. The van der Waals surface area contributed by atoms with E-state index in [1.165, 1.54) is 10.8 Å². The van der Waals surface area contributed by atoms with E-state index in [1.807, 2.05) is 24.3 Å². The molecule has 0 saturated carbocycles. The molecule has 0 radical (unpaired) electrons. The molecule has 7 heteroatoms.